The van der Waals surface area contributed by atoms with Gasteiger partial charge in [0.25, 0.3) is 0 Å². The average Bonchev–Trinajstić information content (AvgIpc) is 2.46. The number of hydrogen-bond donors (Lipinski definition) is 1. The maximum atomic E-state index is 13.7. The van der Waals surface area contributed by atoms with Crippen molar-refractivity contribution in [3.63, 3.8) is 0 Å². The number of methoxy groups -OCH3 is 2. The number of hydrogen-bond acceptors (Lipinski definition) is 4. The Labute approximate surface area is 115 Å². The molecule has 0 amide bonds. The van der Waals surface area contributed by atoms with Crippen LogP contribution in [0, 0.1) is 5.82 Å². The van der Waals surface area contributed by atoms with Gasteiger partial charge in [0.2, 0.25) is 0 Å². The zero-order valence-corrected chi connectivity index (χ0v) is 11.1. The molecule has 0 atom stereocenters. The Morgan fingerprint density at radius 1 is 1.10 bits per heavy atom. The first-order valence-electron chi connectivity index (χ1n) is 5.89. The molecular weight excluding hydrogens is 261 g/mol. The van der Waals surface area contributed by atoms with Gasteiger partial charge in [-0.15, -0.1) is 0 Å². The molecule has 0 unspecified atom stereocenters. The smallest absolute Gasteiger partial charge is 0.198 e. The first kappa shape index (κ1) is 13.9. The molecule has 0 saturated heterocycles. The minimum Gasteiger partial charge on any atom is -0.496 e. The standard InChI is InChI=1S/C15H14FNO3/c1-19-12-7-6-9(8-10(12)16)15(18)14-11(17)4-3-5-13(14)20-2/h3-8H,17H2,1-2H3. The summed E-state index contributed by atoms with van der Waals surface area (Å²) < 4.78 is 23.6. The summed E-state index contributed by atoms with van der Waals surface area (Å²) in [4.78, 5) is 12.4. The van der Waals surface area contributed by atoms with Crippen LogP contribution in [0.25, 0.3) is 0 Å². The molecule has 0 aromatic heterocycles. The zero-order valence-electron chi connectivity index (χ0n) is 11.1. The van der Waals surface area contributed by atoms with Crippen molar-refractivity contribution in [3.8, 4) is 11.5 Å². The van der Waals surface area contributed by atoms with Crippen molar-refractivity contribution in [1.82, 2.24) is 0 Å². The van der Waals surface area contributed by atoms with Gasteiger partial charge >= 0.3 is 0 Å². The SMILES string of the molecule is COc1ccc(C(=O)c2c(N)cccc2OC)cc1F. The third kappa shape index (κ3) is 2.42. The molecule has 0 fully saturated rings. The maximum absolute atomic E-state index is 13.7. The molecule has 0 saturated carbocycles. The second kappa shape index (κ2) is 5.61. The molecule has 5 heteroatoms. The van der Waals surface area contributed by atoms with E-state index in [-0.39, 0.29) is 22.6 Å². The molecule has 4 nitrogen and oxygen atoms in total. The molecule has 2 aromatic rings. The summed E-state index contributed by atoms with van der Waals surface area (Å²) in [5.41, 5.74) is 6.49. The summed E-state index contributed by atoms with van der Waals surface area (Å²) in [5, 5.41) is 0. The van der Waals surface area contributed by atoms with E-state index in [2.05, 4.69) is 0 Å². The largest absolute Gasteiger partial charge is 0.496 e. The van der Waals surface area contributed by atoms with Crippen LogP contribution >= 0.6 is 0 Å². The van der Waals surface area contributed by atoms with Crippen LogP contribution in [0.15, 0.2) is 36.4 Å². The lowest BCUT2D eigenvalue weighted by Crippen LogP contribution is -2.08. The van der Waals surface area contributed by atoms with Gasteiger partial charge in [-0.3, -0.25) is 4.79 Å². The third-order valence-corrected chi connectivity index (χ3v) is 2.92. The quantitative estimate of drug-likeness (QED) is 0.688. The minimum absolute atomic E-state index is 0.0783. The topological polar surface area (TPSA) is 61.5 Å². The van der Waals surface area contributed by atoms with Crippen molar-refractivity contribution < 1.29 is 18.7 Å². The highest BCUT2D eigenvalue weighted by atomic mass is 19.1. The van der Waals surface area contributed by atoms with Crippen LogP contribution in [-0.2, 0) is 0 Å². The number of carbonyl (C=O) groups is 1. The highest BCUT2D eigenvalue weighted by Crippen LogP contribution is 2.28. The number of nitrogens with two attached hydrogens (primary N) is 1. The predicted molar refractivity (Wildman–Crippen MR) is 73.8 cm³/mol. The van der Waals surface area contributed by atoms with Gasteiger partial charge in [-0.05, 0) is 30.3 Å². The summed E-state index contributed by atoms with van der Waals surface area (Å²) in [6, 6.07) is 8.90. The fourth-order valence-electron chi connectivity index (χ4n) is 1.91. The van der Waals surface area contributed by atoms with Gasteiger partial charge in [0.1, 0.15) is 5.75 Å². The molecule has 0 aliphatic heterocycles. The summed E-state index contributed by atoms with van der Waals surface area (Å²) >= 11 is 0. The molecular formula is C15H14FNO3. The van der Waals surface area contributed by atoms with Gasteiger partial charge in [0, 0.05) is 11.3 Å². The molecule has 2 N–H and O–H groups in total. The normalized spacial score (nSPS) is 10.2. The predicted octanol–water partition coefficient (Wildman–Crippen LogP) is 2.66. The van der Waals surface area contributed by atoms with Gasteiger partial charge in [-0.2, -0.15) is 0 Å². The van der Waals surface area contributed by atoms with Gasteiger partial charge in [-0.1, -0.05) is 6.07 Å². The first-order valence-corrected chi connectivity index (χ1v) is 5.89. The summed E-state index contributed by atoms with van der Waals surface area (Å²) in [5.74, 6) is -0.575. The third-order valence-electron chi connectivity index (χ3n) is 2.92. The van der Waals surface area contributed by atoms with E-state index in [4.69, 9.17) is 15.2 Å². The molecule has 20 heavy (non-hydrogen) atoms. The van der Waals surface area contributed by atoms with E-state index in [1.54, 1.807) is 18.2 Å². The number of anilines is 1. The van der Waals surface area contributed by atoms with Crippen LogP contribution in [0.3, 0.4) is 0 Å². The Balaban J connectivity index is 2.49. The van der Waals surface area contributed by atoms with Crippen LogP contribution < -0.4 is 15.2 Å². The van der Waals surface area contributed by atoms with E-state index in [1.807, 2.05) is 0 Å². The monoisotopic (exact) mass is 275 g/mol. The number of halogens is 1. The Bertz CT molecular complexity index is 656. The summed E-state index contributed by atoms with van der Waals surface area (Å²) in [6.45, 7) is 0. The van der Waals surface area contributed by atoms with E-state index < -0.39 is 11.6 Å². The van der Waals surface area contributed by atoms with E-state index >= 15 is 0 Å². The Kier molecular flexibility index (Phi) is 3.89. The maximum Gasteiger partial charge on any atom is 0.198 e. The minimum atomic E-state index is -0.605. The second-order valence-electron chi connectivity index (χ2n) is 4.10. The average molecular weight is 275 g/mol. The summed E-state index contributed by atoms with van der Waals surface area (Å²) in [7, 11) is 2.80. The lowest BCUT2D eigenvalue weighted by molar-refractivity contribution is 0.103. The van der Waals surface area contributed by atoms with Gasteiger partial charge in [0.15, 0.2) is 17.3 Å². The number of nitrogen functional groups attached to an aromatic ring is 1. The van der Waals surface area contributed by atoms with Crippen LogP contribution in [0.4, 0.5) is 10.1 Å². The van der Waals surface area contributed by atoms with Crippen molar-refractivity contribution in [2.24, 2.45) is 0 Å². The van der Waals surface area contributed by atoms with Crippen molar-refractivity contribution in [2.75, 3.05) is 20.0 Å². The highest BCUT2D eigenvalue weighted by Gasteiger charge is 2.19. The summed E-state index contributed by atoms with van der Waals surface area (Å²) in [6.07, 6.45) is 0. The van der Waals surface area contributed by atoms with Gasteiger partial charge in [0.05, 0.1) is 19.8 Å². The fourth-order valence-corrected chi connectivity index (χ4v) is 1.91. The second-order valence-corrected chi connectivity index (χ2v) is 4.10. The number of rotatable bonds is 4. The van der Waals surface area contributed by atoms with Crippen molar-refractivity contribution >= 4 is 11.5 Å². The lowest BCUT2D eigenvalue weighted by atomic mass is 10.0. The van der Waals surface area contributed by atoms with Crippen LogP contribution in [0.1, 0.15) is 15.9 Å². The van der Waals surface area contributed by atoms with Gasteiger partial charge < -0.3 is 15.2 Å². The van der Waals surface area contributed by atoms with Crippen LogP contribution in [-0.4, -0.2) is 20.0 Å². The van der Waals surface area contributed by atoms with Crippen LogP contribution in [0.5, 0.6) is 11.5 Å². The van der Waals surface area contributed by atoms with E-state index in [0.717, 1.165) is 6.07 Å². The molecule has 0 aliphatic rings. The fraction of sp³-hybridized carbons (Fsp3) is 0.133. The first-order chi connectivity index (χ1) is 9.58. The van der Waals surface area contributed by atoms with E-state index in [1.165, 1.54) is 26.4 Å². The molecule has 2 aromatic carbocycles. The molecule has 2 rings (SSSR count). The van der Waals surface area contributed by atoms with Crippen molar-refractivity contribution in [3.05, 3.63) is 53.3 Å². The van der Waals surface area contributed by atoms with E-state index in [9.17, 15) is 9.18 Å². The number of ether oxygens (including phenoxy) is 2. The highest BCUT2D eigenvalue weighted by molar-refractivity contribution is 6.13. The van der Waals surface area contributed by atoms with E-state index in [0.29, 0.717) is 5.75 Å². The Morgan fingerprint density at radius 2 is 1.80 bits per heavy atom. The van der Waals surface area contributed by atoms with Gasteiger partial charge in [-0.25, -0.2) is 4.39 Å². The van der Waals surface area contributed by atoms with Crippen LogP contribution in [0.2, 0.25) is 0 Å². The Hall–Kier alpha value is -2.56. The number of benzene rings is 2. The molecule has 0 bridgehead atoms. The lowest BCUT2D eigenvalue weighted by Gasteiger charge is -2.11. The molecule has 0 aliphatic carbocycles. The number of carbonyl (C=O) groups excluding carboxylic acids is 1. The molecule has 0 spiro atoms. The zero-order chi connectivity index (χ0) is 14.7. The molecule has 0 radical (unpaired) electrons. The Morgan fingerprint density at radius 3 is 2.40 bits per heavy atom. The molecule has 104 valence electrons. The number of ketones is 1. The van der Waals surface area contributed by atoms with Crippen molar-refractivity contribution in [1.29, 1.82) is 0 Å². The molecule has 0 heterocycles. The van der Waals surface area contributed by atoms with Crippen molar-refractivity contribution in [2.45, 2.75) is 0 Å².